The summed E-state index contributed by atoms with van der Waals surface area (Å²) in [6, 6.07) is 16.8. The Morgan fingerprint density at radius 2 is 2.00 bits per heavy atom. The minimum Gasteiger partial charge on any atom is -0.507 e. The van der Waals surface area contributed by atoms with E-state index in [1.54, 1.807) is 30.1 Å². The van der Waals surface area contributed by atoms with Gasteiger partial charge in [-0.3, -0.25) is 9.98 Å². The predicted molar refractivity (Wildman–Crippen MR) is 119 cm³/mol. The number of phenols is 1. The van der Waals surface area contributed by atoms with Crippen molar-refractivity contribution in [3.63, 3.8) is 0 Å². The summed E-state index contributed by atoms with van der Waals surface area (Å²) in [6.07, 6.45) is 4.16. The van der Waals surface area contributed by atoms with Crippen LogP contribution in [0, 0.1) is 6.92 Å². The van der Waals surface area contributed by atoms with E-state index in [0.717, 1.165) is 27.1 Å². The molecule has 3 heterocycles. The molecule has 1 N–H and O–H groups in total. The van der Waals surface area contributed by atoms with Crippen LogP contribution >= 0.6 is 11.8 Å². The van der Waals surface area contributed by atoms with Gasteiger partial charge in [-0.15, -0.1) is 11.8 Å². The summed E-state index contributed by atoms with van der Waals surface area (Å²) >= 11 is 1.72. The SMILES string of the molecule is Cc1cc(=O)oc2c(C3=Nc4ccccc4S[C@@H](c4cccnc4)C3)c(O)ccc12. The van der Waals surface area contributed by atoms with E-state index in [1.165, 1.54) is 6.07 Å². The minimum atomic E-state index is -0.445. The van der Waals surface area contributed by atoms with Gasteiger partial charge < -0.3 is 9.52 Å². The lowest BCUT2D eigenvalue weighted by molar-refractivity contribution is 0.471. The Morgan fingerprint density at radius 1 is 1.13 bits per heavy atom. The Bertz CT molecular complexity index is 1350. The van der Waals surface area contributed by atoms with Crippen LogP contribution in [0.1, 0.15) is 28.4 Å². The monoisotopic (exact) mass is 414 g/mol. The highest BCUT2D eigenvalue weighted by Crippen LogP contribution is 2.46. The van der Waals surface area contributed by atoms with Crippen molar-refractivity contribution in [2.75, 3.05) is 0 Å². The molecular weight excluding hydrogens is 396 g/mol. The second kappa shape index (κ2) is 7.46. The van der Waals surface area contributed by atoms with E-state index in [-0.39, 0.29) is 11.0 Å². The Kier molecular flexibility index (Phi) is 4.64. The highest BCUT2D eigenvalue weighted by atomic mass is 32.2. The number of aliphatic imine (C=N–C) groups is 1. The second-order valence-corrected chi connectivity index (χ2v) is 8.45. The quantitative estimate of drug-likeness (QED) is 0.435. The molecule has 2 aromatic carbocycles. The van der Waals surface area contributed by atoms with Gasteiger partial charge in [-0.25, -0.2) is 4.79 Å². The van der Waals surface area contributed by atoms with E-state index in [1.807, 2.05) is 49.5 Å². The van der Waals surface area contributed by atoms with Crippen molar-refractivity contribution in [2.45, 2.75) is 23.5 Å². The Hall–Kier alpha value is -3.38. The van der Waals surface area contributed by atoms with Gasteiger partial charge in [0.2, 0.25) is 0 Å². The normalized spacial score (nSPS) is 16.0. The molecule has 6 heteroatoms. The number of fused-ring (bicyclic) bond motifs is 2. The van der Waals surface area contributed by atoms with Crippen molar-refractivity contribution in [3.8, 4) is 5.75 Å². The number of para-hydroxylation sites is 1. The fourth-order valence-electron chi connectivity index (χ4n) is 3.77. The average Bonchev–Trinajstić information content (AvgIpc) is 2.93. The average molecular weight is 414 g/mol. The molecule has 0 saturated heterocycles. The van der Waals surface area contributed by atoms with Gasteiger partial charge in [-0.05, 0) is 48.4 Å². The fourth-order valence-corrected chi connectivity index (χ4v) is 4.99. The lowest BCUT2D eigenvalue weighted by Gasteiger charge is -2.16. The standard InChI is InChI=1S/C24H18N2O3S/c1-14-11-22(28)29-24-16(14)8-9-19(27)23(24)18-12-21(15-5-4-10-25-13-15)30-20-7-3-2-6-17(20)26-18/h2-11,13,21,27H,12H2,1H3/t21-/m1/s1. The first-order chi connectivity index (χ1) is 14.6. The third kappa shape index (κ3) is 3.29. The summed E-state index contributed by atoms with van der Waals surface area (Å²) in [5.41, 5.74) is 3.78. The largest absolute Gasteiger partial charge is 0.507 e. The van der Waals surface area contributed by atoms with Gasteiger partial charge in [0.1, 0.15) is 5.75 Å². The molecule has 1 aliphatic rings. The van der Waals surface area contributed by atoms with E-state index in [0.29, 0.717) is 23.3 Å². The van der Waals surface area contributed by atoms with Gasteiger partial charge in [0, 0.05) is 40.4 Å². The number of hydrogen-bond acceptors (Lipinski definition) is 6. The number of thioether (sulfide) groups is 1. The molecule has 0 fully saturated rings. The molecule has 0 radical (unpaired) electrons. The first-order valence-corrected chi connectivity index (χ1v) is 10.5. The van der Waals surface area contributed by atoms with Crippen molar-refractivity contribution in [1.29, 1.82) is 0 Å². The maximum Gasteiger partial charge on any atom is 0.336 e. The first kappa shape index (κ1) is 18.6. The number of aromatic hydroxyl groups is 1. The fraction of sp³-hybridized carbons (Fsp3) is 0.125. The topological polar surface area (TPSA) is 75.7 Å². The highest BCUT2D eigenvalue weighted by Gasteiger charge is 2.26. The van der Waals surface area contributed by atoms with Crippen LogP contribution in [0.4, 0.5) is 5.69 Å². The molecule has 148 valence electrons. The lowest BCUT2D eigenvalue weighted by atomic mass is 9.98. The number of aryl methyl sites for hydroxylation is 1. The number of nitrogens with zero attached hydrogens (tertiary/aromatic N) is 2. The van der Waals surface area contributed by atoms with Gasteiger partial charge in [-0.2, -0.15) is 0 Å². The molecule has 2 aromatic heterocycles. The third-order valence-electron chi connectivity index (χ3n) is 5.21. The second-order valence-electron chi connectivity index (χ2n) is 7.21. The molecule has 1 atom stereocenters. The van der Waals surface area contributed by atoms with Crippen molar-refractivity contribution in [1.82, 2.24) is 4.98 Å². The van der Waals surface area contributed by atoms with Crippen molar-refractivity contribution in [2.24, 2.45) is 4.99 Å². The van der Waals surface area contributed by atoms with E-state index in [9.17, 15) is 9.90 Å². The van der Waals surface area contributed by atoms with Gasteiger partial charge in [-0.1, -0.05) is 18.2 Å². The third-order valence-corrected chi connectivity index (χ3v) is 6.53. The number of rotatable bonds is 2. The van der Waals surface area contributed by atoms with Crippen LogP contribution in [-0.2, 0) is 0 Å². The van der Waals surface area contributed by atoms with E-state index in [2.05, 4.69) is 4.98 Å². The van der Waals surface area contributed by atoms with E-state index in [4.69, 9.17) is 9.41 Å². The van der Waals surface area contributed by atoms with Crippen LogP contribution in [0.15, 0.2) is 86.1 Å². The van der Waals surface area contributed by atoms with Gasteiger partial charge in [0.25, 0.3) is 0 Å². The number of hydrogen-bond donors (Lipinski definition) is 1. The maximum atomic E-state index is 12.1. The van der Waals surface area contributed by atoms with Crippen molar-refractivity contribution in [3.05, 3.63) is 94.1 Å². The van der Waals surface area contributed by atoms with Crippen molar-refractivity contribution < 1.29 is 9.52 Å². The van der Waals surface area contributed by atoms with Crippen LogP contribution in [0.3, 0.4) is 0 Å². The molecule has 0 unspecified atom stereocenters. The number of phenolic OH excluding ortho intramolecular Hbond substituents is 1. The van der Waals surface area contributed by atoms with Crippen LogP contribution in [-0.4, -0.2) is 15.8 Å². The smallest absolute Gasteiger partial charge is 0.336 e. The summed E-state index contributed by atoms with van der Waals surface area (Å²) in [7, 11) is 0. The predicted octanol–water partition coefficient (Wildman–Crippen LogP) is 5.56. The number of pyridine rings is 1. The summed E-state index contributed by atoms with van der Waals surface area (Å²) in [5, 5.41) is 11.6. The maximum absolute atomic E-state index is 12.1. The molecule has 0 saturated carbocycles. The number of benzene rings is 2. The molecule has 1 aliphatic heterocycles. The van der Waals surface area contributed by atoms with Gasteiger partial charge in [0.15, 0.2) is 5.58 Å². The molecule has 5 rings (SSSR count). The summed E-state index contributed by atoms with van der Waals surface area (Å²) in [5.74, 6) is 0.0457. The Labute approximate surface area is 177 Å². The molecule has 0 bridgehead atoms. The first-order valence-electron chi connectivity index (χ1n) is 9.60. The zero-order chi connectivity index (χ0) is 20.7. The molecule has 0 amide bonds. The van der Waals surface area contributed by atoms with Gasteiger partial charge >= 0.3 is 5.63 Å². The van der Waals surface area contributed by atoms with Crippen LogP contribution < -0.4 is 5.63 Å². The van der Waals surface area contributed by atoms with Gasteiger partial charge in [0.05, 0.1) is 17.0 Å². The van der Waals surface area contributed by atoms with Crippen LogP contribution in [0.2, 0.25) is 0 Å². The molecule has 5 nitrogen and oxygen atoms in total. The summed E-state index contributed by atoms with van der Waals surface area (Å²) in [6.45, 7) is 1.86. The van der Waals surface area contributed by atoms with Crippen LogP contribution in [0.25, 0.3) is 11.0 Å². The van der Waals surface area contributed by atoms with Crippen molar-refractivity contribution >= 4 is 34.1 Å². The number of aromatic nitrogens is 1. The van der Waals surface area contributed by atoms with E-state index >= 15 is 0 Å². The Balaban J connectivity index is 1.76. The Morgan fingerprint density at radius 3 is 2.83 bits per heavy atom. The zero-order valence-electron chi connectivity index (χ0n) is 16.2. The molecule has 0 aliphatic carbocycles. The minimum absolute atomic E-state index is 0.0457. The highest BCUT2D eigenvalue weighted by molar-refractivity contribution is 7.99. The van der Waals surface area contributed by atoms with Crippen LogP contribution in [0.5, 0.6) is 5.75 Å². The van der Waals surface area contributed by atoms with E-state index < -0.39 is 5.63 Å². The molecule has 30 heavy (non-hydrogen) atoms. The summed E-state index contributed by atoms with van der Waals surface area (Å²) < 4.78 is 5.56. The molecular formula is C24H18N2O3S. The zero-order valence-corrected chi connectivity index (χ0v) is 17.0. The molecule has 0 spiro atoms. The molecule has 4 aromatic rings. The summed E-state index contributed by atoms with van der Waals surface area (Å²) in [4.78, 5) is 22.3. The lowest BCUT2D eigenvalue weighted by Crippen LogP contribution is -2.08.